The van der Waals surface area contributed by atoms with Crippen molar-refractivity contribution < 1.29 is 0 Å². The molecule has 3 heteroatoms. The molecule has 2 nitrogen and oxygen atoms in total. The Bertz CT molecular complexity index is 505. The summed E-state index contributed by atoms with van der Waals surface area (Å²) in [4.78, 5) is 5.81. The molecule has 96 valence electrons. The second-order valence-corrected chi connectivity index (χ2v) is 5.81. The lowest BCUT2D eigenvalue weighted by Crippen LogP contribution is -2.23. The molecule has 0 radical (unpaired) electrons. The Kier molecular flexibility index (Phi) is 4.50. The Morgan fingerprint density at radius 3 is 2.94 bits per heavy atom. The zero-order chi connectivity index (χ0) is 13.0. The van der Waals surface area contributed by atoms with Gasteiger partial charge in [-0.25, -0.2) is 4.98 Å². The minimum atomic E-state index is 0.564. The van der Waals surface area contributed by atoms with Crippen LogP contribution < -0.4 is 5.32 Å². The highest BCUT2D eigenvalue weighted by Crippen LogP contribution is 2.25. The molecule has 1 N–H and O–H groups in total. The summed E-state index contributed by atoms with van der Waals surface area (Å²) in [5, 5.41) is 4.61. The summed E-state index contributed by atoms with van der Waals surface area (Å²) in [5.74, 6) is 0. The van der Waals surface area contributed by atoms with Gasteiger partial charge in [0, 0.05) is 29.2 Å². The van der Waals surface area contributed by atoms with E-state index in [2.05, 4.69) is 55.3 Å². The fourth-order valence-corrected chi connectivity index (χ4v) is 2.58. The highest BCUT2D eigenvalue weighted by Gasteiger charge is 2.05. The highest BCUT2D eigenvalue weighted by molar-refractivity contribution is 7.15. The van der Waals surface area contributed by atoms with Crippen LogP contribution in [0.25, 0.3) is 10.6 Å². The van der Waals surface area contributed by atoms with Crippen LogP contribution in [-0.2, 0) is 6.54 Å². The van der Waals surface area contributed by atoms with Crippen molar-refractivity contribution >= 4 is 11.3 Å². The van der Waals surface area contributed by atoms with E-state index in [1.54, 1.807) is 11.3 Å². The van der Waals surface area contributed by atoms with E-state index < -0.39 is 0 Å². The maximum atomic E-state index is 4.51. The van der Waals surface area contributed by atoms with Gasteiger partial charge in [0.15, 0.2) is 0 Å². The molecule has 0 aliphatic heterocycles. The Hall–Kier alpha value is -1.19. The quantitative estimate of drug-likeness (QED) is 0.878. The van der Waals surface area contributed by atoms with Crippen molar-refractivity contribution in [2.75, 3.05) is 0 Å². The van der Waals surface area contributed by atoms with E-state index in [9.17, 15) is 0 Å². The first-order chi connectivity index (χ1) is 8.69. The maximum Gasteiger partial charge on any atom is 0.123 e. The standard InChI is InChI=1S/C15H20N2S/c1-4-12(3)16-9-14-10-17-15(18-14)13-7-5-6-11(2)8-13/h5-8,10,12,16H,4,9H2,1-3H3. The lowest BCUT2D eigenvalue weighted by molar-refractivity contribution is 0.537. The summed E-state index contributed by atoms with van der Waals surface area (Å²) < 4.78 is 0. The normalized spacial score (nSPS) is 12.6. The smallest absolute Gasteiger partial charge is 0.123 e. The van der Waals surface area contributed by atoms with Gasteiger partial charge in [0.05, 0.1) is 0 Å². The molecule has 1 unspecified atom stereocenters. The number of thiazole rings is 1. The first-order valence-corrected chi connectivity index (χ1v) is 7.26. The molecule has 1 aromatic carbocycles. The van der Waals surface area contributed by atoms with E-state index in [4.69, 9.17) is 0 Å². The molecule has 1 heterocycles. The molecule has 0 aliphatic rings. The number of nitrogens with zero attached hydrogens (tertiary/aromatic N) is 1. The molecule has 0 saturated carbocycles. The van der Waals surface area contributed by atoms with Gasteiger partial charge in [0.2, 0.25) is 0 Å². The van der Waals surface area contributed by atoms with Crippen LogP contribution in [0.4, 0.5) is 0 Å². The molecule has 18 heavy (non-hydrogen) atoms. The average Bonchev–Trinajstić information content (AvgIpc) is 2.84. The van der Waals surface area contributed by atoms with Crippen LogP contribution in [-0.4, -0.2) is 11.0 Å². The molecular formula is C15H20N2S. The fraction of sp³-hybridized carbons (Fsp3) is 0.400. The van der Waals surface area contributed by atoms with Crippen LogP contribution in [0, 0.1) is 6.92 Å². The zero-order valence-electron chi connectivity index (χ0n) is 11.2. The van der Waals surface area contributed by atoms with Gasteiger partial charge in [-0.3, -0.25) is 0 Å². The largest absolute Gasteiger partial charge is 0.309 e. The van der Waals surface area contributed by atoms with E-state index in [-0.39, 0.29) is 0 Å². The lowest BCUT2D eigenvalue weighted by Gasteiger charge is -2.08. The summed E-state index contributed by atoms with van der Waals surface area (Å²) in [5.41, 5.74) is 2.50. The number of aryl methyl sites for hydroxylation is 1. The monoisotopic (exact) mass is 260 g/mol. The molecular weight excluding hydrogens is 240 g/mol. The van der Waals surface area contributed by atoms with Crippen molar-refractivity contribution in [2.45, 2.75) is 39.8 Å². The molecule has 2 aromatic rings. The number of rotatable bonds is 5. The van der Waals surface area contributed by atoms with Crippen molar-refractivity contribution in [3.05, 3.63) is 40.9 Å². The van der Waals surface area contributed by atoms with Gasteiger partial charge >= 0.3 is 0 Å². The van der Waals surface area contributed by atoms with Gasteiger partial charge in [-0.2, -0.15) is 0 Å². The Morgan fingerprint density at radius 1 is 1.39 bits per heavy atom. The third kappa shape index (κ3) is 3.40. The van der Waals surface area contributed by atoms with Crippen molar-refractivity contribution in [1.82, 2.24) is 10.3 Å². The van der Waals surface area contributed by atoms with Crippen LogP contribution in [0.15, 0.2) is 30.5 Å². The van der Waals surface area contributed by atoms with Crippen molar-refractivity contribution in [3.63, 3.8) is 0 Å². The van der Waals surface area contributed by atoms with Crippen molar-refractivity contribution in [3.8, 4) is 10.6 Å². The second kappa shape index (κ2) is 6.12. The summed E-state index contributed by atoms with van der Waals surface area (Å²) in [7, 11) is 0. The molecule has 0 spiro atoms. The first-order valence-electron chi connectivity index (χ1n) is 6.44. The molecule has 0 fully saturated rings. The first kappa shape index (κ1) is 13.2. The van der Waals surface area contributed by atoms with E-state index in [0.717, 1.165) is 18.0 Å². The van der Waals surface area contributed by atoms with Gasteiger partial charge in [-0.05, 0) is 26.3 Å². The lowest BCUT2D eigenvalue weighted by atomic mass is 10.1. The number of benzene rings is 1. The van der Waals surface area contributed by atoms with Crippen LogP contribution in [0.1, 0.15) is 30.7 Å². The fourth-order valence-electron chi connectivity index (χ4n) is 1.72. The Labute approximate surface area is 113 Å². The van der Waals surface area contributed by atoms with E-state index >= 15 is 0 Å². The zero-order valence-corrected chi connectivity index (χ0v) is 12.1. The molecule has 1 atom stereocenters. The van der Waals surface area contributed by atoms with Crippen LogP contribution in [0.2, 0.25) is 0 Å². The molecule has 0 aliphatic carbocycles. The van der Waals surface area contributed by atoms with Crippen LogP contribution in [0.5, 0.6) is 0 Å². The minimum Gasteiger partial charge on any atom is -0.309 e. The molecule has 0 saturated heterocycles. The predicted molar refractivity (Wildman–Crippen MR) is 78.9 cm³/mol. The minimum absolute atomic E-state index is 0.564. The molecule has 0 amide bonds. The summed E-state index contributed by atoms with van der Waals surface area (Å²) in [6.45, 7) is 7.44. The molecule has 0 bridgehead atoms. The van der Waals surface area contributed by atoms with E-state index in [0.29, 0.717) is 6.04 Å². The predicted octanol–water partition coefficient (Wildman–Crippen LogP) is 4.01. The van der Waals surface area contributed by atoms with Crippen LogP contribution >= 0.6 is 11.3 Å². The third-order valence-electron chi connectivity index (χ3n) is 3.06. The van der Waals surface area contributed by atoms with E-state index in [1.807, 2.05) is 6.20 Å². The van der Waals surface area contributed by atoms with Crippen LogP contribution in [0.3, 0.4) is 0 Å². The SMILES string of the molecule is CCC(C)NCc1cnc(-c2cccc(C)c2)s1. The third-order valence-corrected chi connectivity index (χ3v) is 4.10. The highest BCUT2D eigenvalue weighted by atomic mass is 32.1. The Morgan fingerprint density at radius 2 is 2.22 bits per heavy atom. The number of nitrogens with one attached hydrogen (secondary N) is 1. The van der Waals surface area contributed by atoms with Gasteiger partial charge in [-0.15, -0.1) is 11.3 Å². The van der Waals surface area contributed by atoms with Crippen molar-refractivity contribution in [2.24, 2.45) is 0 Å². The Balaban J connectivity index is 2.06. The van der Waals surface area contributed by atoms with Gasteiger partial charge in [-0.1, -0.05) is 30.7 Å². The van der Waals surface area contributed by atoms with Gasteiger partial charge in [0.1, 0.15) is 5.01 Å². The van der Waals surface area contributed by atoms with E-state index in [1.165, 1.54) is 16.0 Å². The number of aromatic nitrogens is 1. The average molecular weight is 260 g/mol. The molecule has 2 rings (SSSR count). The van der Waals surface area contributed by atoms with Crippen molar-refractivity contribution in [1.29, 1.82) is 0 Å². The number of hydrogen-bond acceptors (Lipinski definition) is 3. The number of hydrogen-bond donors (Lipinski definition) is 1. The summed E-state index contributed by atoms with van der Waals surface area (Å²) in [6, 6.07) is 9.07. The topological polar surface area (TPSA) is 24.9 Å². The summed E-state index contributed by atoms with van der Waals surface area (Å²) >= 11 is 1.77. The molecule has 1 aromatic heterocycles. The second-order valence-electron chi connectivity index (χ2n) is 4.69. The van der Waals surface area contributed by atoms with Gasteiger partial charge < -0.3 is 5.32 Å². The summed E-state index contributed by atoms with van der Waals surface area (Å²) in [6.07, 6.45) is 3.14. The maximum absolute atomic E-state index is 4.51. The van der Waals surface area contributed by atoms with Gasteiger partial charge in [0.25, 0.3) is 0 Å².